The van der Waals surface area contributed by atoms with E-state index in [9.17, 15) is 4.79 Å². The third kappa shape index (κ3) is 3.00. The van der Waals surface area contributed by atoms with Crippen LogP contribution in [0.15, 0.2) is 18.7 Å². The molecule has 1 saturated heterocycles. The molecule has 23 heavy (non-hydrogen) atoms. The van der Waals surface area contributed by atoms with Crippen molar-refractivity contribution in [1.82, 2.24) is 19.9 Å². The molecule has 0 unspecified atom stereocenters. The summed E-state index contributed by atoms with van der Waals surface area (Å²) in [7, 11) is 0. The van der Waals surface area contributed by atoms with Gasteiger partial charge >= 0.3 is 0 Å². The molecule has 6 heteroatoms. The van der Waals surface area contributed by atoms with Gasteiger partial charge in [-0.05, 0) is 32.6 Å². The smallest absolute Gasteiger partial charge is 0.257 e. The summed E-state index contributed by atoms with van der Waals surface area (Å²) in [5.41, 5.74) is 1.65. The van der Waals surface area contributed by atoms with Gasteiger partial charge in [0.2, 0.25) is 0 Å². The van der Waals surface area contributed by atoms with Gasteiger partial charge in [0.15, 0.2) is 0 Å². The molecule has 2 aromatic heterocycles. The van der Waals surface area contributed by atoms with E-state index < -0.39 is 0 Å². The lowest BCUT2D eigenvalue weighted by atomic mass is 9.97. The van der Waals surface area contributed by atoms with E-state index >= 15 is 0 Å². The van der Waals surface area contributed by atoms with Crippen LogP contribution in [0.5, 0.6) is 0 Å². The molecule has 0 aromatic carbocycles. The lowest BCUT2D eigenvalue weighted by Gasteiger charge is -2.31. The number of likely N-dealkylation sites (tertiary alicyclic amines) is 1. The van der Waals surface area contributed by atoms with Crippen LogP contribution in [-0.2, 0) is 0 Å². The molecular formula is C17H20N4OS. The summed E-state index contributed by atoms with van der Waals surface area (Å²) >= 11 is 1.78. The van der Waals surface area contributed by atoms with Crippen molar-refractivity contribution in [3.8, 4) is 0 Å². The minimum Gasteiger partial charge on any atom is -0.338 e. The molecule has 1 saturated carbocycles. The zero-order valence-electron chi connectivity index (χ0n) is 13.2. The van der Waals surface area contributed by atoms with Crippen molar-refractivity contribution in [2.45, 2.75) is 44.4 Å². The maximum Gasteiger partial charge on any atom is 0.257 e. The van der Waals surface area contributed by atoms with Gasteiger partial charge in [0.05, 0.1) is 16.3 Å². The maximum absolute atomic E-state index is 12.8. The van der Waals surface area contributed by atoms with Gasteiger partial charge in [0.25, 0.3) is 5.91 Å². The van der Waals surface area contributed by atoms with Crippen LogP contribution in [-0.4, -0.2) is 38.8 Å². The summed E-state index contributed by atoms with van der Waals surface area (Å²) < 4.78 is 0. The van der Waals surface area contributed by atoms with Gasteiger partial charge in [0.1, 0.15) is 6.33 Å². The molecule has 1 amide bonds. The van der Waals surface area contributed by atoms with Crippen molar-refractivity contribution >= 4 is 17.2 Å². The molecule has 5 nitrogen and oxygen atoms in total. The van der Waals surface area contributed by atoms with Crippen molar-refractivity contribution in [2.24, 2.45) is 0 Å². The molecule has 1 aliphatic carbocycles. The van der Waals surface area contributed by atoms with Crippen LogP contribution in [0.4, 0.5) is 0 Å². The van der Waals surface area contributed by atoms with Crippen LogP contribution < -0.4 is 0 Å². The first-order valence-electron chi connectivity index (χ1n) is 8.24. The number of carbonyl (C=O) groups is 1. The lowest BCUT2D eigenvalue weighted by Crippen LogP contribution is -2.38. The van der Waals surface area contributed by atoms with Crippen molar-refractivity contribution < 1.29 is 4.79 Å². The molecular weight excluding hydrogens is 308 g/mol. The Hall–Kier alpha value is -1.82. The number of rotatable bonds is 3. The molecule has 2 aliphatic rings. The number of thiazole rings is 1. The number of carbonyl (C=O) groups excluding carboxylic acids is 1. The molecule has 0 radical (unpaired) electrons. The third-order valence-corrected chi connectivity index (χ3v) is 5.78. The zero-order valence-corrected chi connectivity index (χ0v) is 14.1. The predicted molar refractivity (Wildman–Crippen MR) is 88.7 cm³/mol. The monoisotopic (exact) mass is 328 g/mol. The number of aryl methyl sites for hydroxylation is 1. The number of aromatic nitrogens is 3. The van der Waals surface area contributed by atoms with Crippen LogP contribution >= 0.6 is 11.3 Å². The lowest BCUT2D eigenvalue weighted by molar-refractivity contribution is 0.0710. The fraction of sp³-hybridized carbons (Fsp3) is 0.529. The van der Waals surface area contributed by atoms with Crippen molar-refractivity contribution in [2.75, 3.05) is 13.1 Å². The van der Waals surface area contributed by atoms with Crippen molar-refractivity contribution in [3.05, 3.63) is 39.9 Å². The minimum absolute atomic E-state index is 0.0984. The number of hydrogen-bond acceptors (Lipinski definition) is 5. The molecule has 0 bridgehead atoms. The van der Waals surface area contributed by atoms with Gasteiger partial charge in [-0.25, -0.2) is 15.0 Å². The highest BCUT2D eigenvalue weighted by atomic mass is 32.1. The quantitative estimate of drug-likeness (QED) is 0.868. The summed E-state index contributed by atoms with van der Waals surface area (Å²) in [6, 6.07) is 0. The van der Waals surface area contributed by atoms with Crippen LogP contribution in [0.25, 0.3) is 0 Å². The summed E-state index contributed by atoms with van der Waals surface area (Å²) in [5.74, 6) is 1.06. The van der Waals surface area contributed by atoms with Crippen LogP contribution in [0.2, 0.25) is 0 Å². The van der Waals surface area contributed by atoms with Crippen molar-refractivity contribution in [1.29, 1.82) is 0 Å². The van der Waals surface area contributed by atoms with E-state index in [1.54, 1.807) is 23.9 Å². The number of nitrogens with zero attached hydrogens (tertiary/aromatic N) is 4. The molecule has 0 N–H and O–H groups in total. The van der Waals surface area contributed by atoms with Crippen molar-refractivity contribution in [3.63, 3.8) is 0 Å². The van der Waals surface area contributed by atoms with E-state index in [2.05, 4.69) is 21.9 Å². The van der Waals surface area contributed by atoms with E-state index in [1.165, 1.54) is 9.88 Å². The molecule has 3 heterocycles. The maximum atomic E-state index is 12.8. The van der Waals surface area contributed by atoms with E-state index in [-0.39, 0.29) is 5.91 Å². The molecule has 1 aliphatic heterocycles. The van der Waals surface area contributed by atoms with E-state index in [0.717, 1.165) is 44.5 Å². The third-order valence-electron chi connectivity index (χ3n) is 4.71. The van der Waals surface area contributed by atoms with Crippen LogP contribution in [0.3, 0.4) is 0 Å². The second kappa shape index (κ2) is 6.00. The van der Waals surface area contributed by atoms with Gasteiger partial charge in [-0.2, -0.15) is 0 Å². The molecule has 4 rings (SSSR count). The van der Waals surface area contributed by atoms with Gasteiger partial charge in [-0.1, -0.05) is 0 Å². The Bertz CT molecular complexity index is 717. The Morgan fingerprint density at radius 3 is 2.57 bits per heavy atom. The molecule has 2 fully saturated rings. The van der Waals surface area contributed by atoms with Gasteiger partial charge < -0.3 is 4.90 Å². The first-order valence-corrected chi connectivity index (χ1v) is 9.05. The fourth-order valence-corrected chi connectivity index (χ4v) is 4.19. The number of piperidine rings is 1. The highest BCUT2D eigenvalue weighted by molar-refractivity contribution is 7.11. The Labute approximate surface area is 139 Å². The molecule has 120 valence electrons. The fourth-order valence-electron chi connectivity index (χ4n) is 3.25. The summed E-state index contributed by atoms with van der Waals surface area (Å²) in [6.07, 6.45) is 9.46. The van der Waals surface area contributed by atoms with E-state index in [1.807, 2.05) is 11.1 Å². The van der Waals surface area contributed by atoms with Gasteiger partial charge in [0, 0.05) is 42.2 Å². The Kier molecular flexibility index (Phi) is 3.85. The summed E-state index contributed by atoms with van der Waals surface area (Å²) in [4.78, 5) is 29.0. The first kappa shape index (κ1) is 14.8. The SMILES string of the molecule is Cc1cnc(C2CCN(C(=O)c3cncnc3C3CC3)CC2)s1. The van der Waals surface area contributed by atoms with Gasteiger partial charge in [-0.15, -0.1) is 11.3 Å². The second-order valence-corrected chi connectivity index (χ2v) is 7.74. The molecule has 2 aromatic rings. The van der Waals surface area contributed by atoms with Crippen LogP contribution in [0, 0.1) is 6.92 Å². The number of hydrogen-bond donors (Lipinski definition) is 0. The average molecular weight is 328 g/mol. The Balaban J connectivity index is 1.45. The summed E-state index contributed by atoms with van der Waals surface area (Å²) in [5, 5.41) is 1.22. The average Bonchev–Trinajstić information content (AvgIpc) is 3.35. The molecule has 0 atom stereocenters. The largest absolute Gasteiger partial charge is 0.338 e. The van der Waals surface area contributed by atoms with Gasteiger partial charge in [-0.3, -0.25) is 4.79 Å². The van der Waals surface area contributed by atoms with Crippen LogP contribution in [0.1, 0.15) is 63.5 Å². The Morgan fingerprint density at radius 2 is 1.91 bits per heavy atom. The van der Waals surface area contributed by atoms with E-state index in [0.29, 0.717) is 17.4 Å². The zero-order chi connectivity index (χ0) is 15.8. The number of amides is 1. The Morgan fingerprint density at radius 1 is 1.13 bits per heavy atom. The topological polar surface area (TPSA) is 59.0 Å². The second-order valence-electron chi connectivity index (χ2n) is 6.47. The summed E-state index contributed by atoms with van der Waals surface area (Å²) in [6.45, 7) is 3.68. The normalized spacial score (nSPS) is 19.1. The molecule has 0 spiro atoms. The van der Waals surface area contributed by atoms with E-state index in [4.69, 9.17) is 0 Å². The first-order chi connectivity index (χ1) is 11.2. The highest BCUT2D eigenvalue weighted by Crippen LogP contribution is 2.40. The minimum atomic E-state index is 0.0984. The standard InChI is InChI=1S/C17H20N4OS/c1-11-8-19-16(23-11)13-4-6-21(7-5-13)17(22)14-9-18-10-20-15(14)12-2-3-12/h8-10,12-13H,2-7H2,1H3. The highest BCUT2D eigenvalue weighted by Gasteiger charge is 2.32. The predicted octanol–water partition coefficient (Wildman–Crippen LogP) is 3.14.